The number of phenolic OH excluding ortho intramolecular Hbond substituents is 4. The van der Waals surface area contributed by atoms with Crippen molar-refractivity contribution in [3.8, 4) is 80.5 Å². The minimum atomic E-state index is -0.543. The number of phenols is 4. The number of aldehydes is 5. The molecule has 5 fully saturated rings. The molecule has 0 aliphatic heterocycles. The maximum absolute atomic E-state index is 11.6. The third-order valence-electron chi connectivity index (χ3n) is 28.9. The third-order valence-corrected chi connectivity index (χ3v) is 28.9. The van der Waals surface area contributed by atoms with Gasteiger partial charge in [0, 0.05) is 74.9 Å². The van der Waals surface area contributed by atoms with Gasteiger partial charge in [-0.3, -0.25) is 52.7 Å². The van der Waals surface area contributed by atoms with E-state index in [1.807, 2.05) is 18.2 Å². The van der Waals surface area contributed by atoms with Crippen LogP contribution in [0, 0.1) is 27.1 Å². The number of carbonyl (C=O) groups is 12. The maximum Gasteiger partial charge on any atom is 0.330 e. The van der Waals surface area contributed by atoms with E-state index in [1.165, 1.54) is 316 Å². The van der Waals surface area contributed by atoms with Crippen molar-refractivity contribution in [2.24, 2.45) is 27.1 Å². The average molecular weight is 2060 g/mol. The standard InChI is InChI=1S/C24H32O5.C24H30O5.2C20H24O4.C18H22O3.C9H8O4.C7H6O3/c2*1-3-27-23(26)11-9-19-8-10-21(22(15-19)29-18(2)25)28-17-20-7-6-14-24(16-20)12-4-5-13-24;2*1-15(22)24-19-11-16(13-21)6-7-18(19)23-14-17-5-4-10-20(12-17)8-2-3-9-20;19-12-14-5-6-17(16(20)10-14)21-13-15-4-3-9-18(11-15)7-1-2-8-18;1-6(11)13-9-4-7(5-10)2-3-8(9)12;8-4-5-1-2-6(9)7(10)3-5/h8,10,15-16H,3-7,9,11-14,17H2,1-2H3;8-11,15-16H,3-7,12-14,17H2,1-2H3;2*6-7,11-13H,2-5,8-10,14H2,1H3;5-6,10-12,20H,1-4,7-9,13H2;2-5,12H,1H3;1-4,9-10H/b;11-9+;;;;;. The fraction of sp³-hybridized carbons (Fsp3) is 0.459. The van der Waals surface area contributed by atoms with Gasteiger partial charge in [0.1, 0.15) is 64.5 Å². The molecule has 17 rings (SSSR count). The Kier molecular flexibility index (Phi) is 45.0. The largest absolute Gasteiger partial charge is 0.504 e. The lowest BCUT2D eigenvalue weighted by molar-refractivity contribution is -0.143. The summed E-state index contributed by atoms with van der Waals surface area (Å²) in [6.45, 7) is 13.5. The van der Waals surface area contributed by atoms with E-state index in [0.717, 1.165) is 62.1 Å². The van der Waals surface area contributed by atoms with Crippen LogP contribution in [0.15, 0.2) is 192 Å². The fourth-order valence-corrected chi connectivity index (χ4v) is 22.0. The van der Waals surface area contributed by atoms with Crippen LogP contribution in [-0.4, -0.2) is 140 Å². The van der Waals surface area contributed by atoms with Gasteiger partial charge in [-0.15, -0.1) is 0 Å². The lowest BCUT2D eigenvalue weighted by Gasteiger charge is -2.31. The molecule has 28 heteroatoms. The molecule has 0 saturated heterocycles. The van der Waals surface area contributed by atoms with Crippen molar-refractivity contribution in [1.29, 1.82) is 0 Å². The lowest BCUT2D eigenvalue weighted by atomic mass is 9.75. The van der Waals surface area contributed by atoms with Crippen molar-refractivity contribution in [2.45, 2.75) is 286 Å². The van der Waals surface area contributed by atoms with Crippen LogP contribution < -0.4 is 47.4 Å². The number of rotatable bonds is 32. The van der Waals surface area contributed by atoms with Crippen LogP contribution in [0.1, 0.15) is 343 Å². The van der Waals surface area contributed by atoms with Crippen molar-refractivity contribution in [3.63, 3.8) is 0 Å². The molecule has 0 heterocycles. The molecule has 0 radical (unpaired) electrons. The Bertz CT molecular complexity index is 5890. The molecule has 0 bridgehead atoms. The van der Waals surface area contributed by atoms with E-state index in [1.54, 1.807) is 74.5 Å². The normalized spacial score (nSPS) is 17.2. The molecule has 0 unspecified atom stereocenters. The SMILES string of the molecule is CC(=O)Oc1cc(C=O)ccc1O.CC(=O)Oc1cc(C=O)ccc1OCC1=CC2(CCCC2)CCC1.CC(=O)Oc1cc(C=O)ccc1OCC1=CC2(CCCC2)CCC1.CCOC(=O)/C=C/c1ccc(OCC2=CC3(CCCC3)CCC2)c(OC(C)=O)c1.CCOC(=O)CCc1ccc(OCC2=CC3(CCCC3)CCC2)c(OC(C)=O)c1.O=Cc1ccc(O)c(O)c1.O=Cc1ccc(OCC2=CC3(CCCC3)CCC2)c(O)c1. The first-order valence-corrected chi connectivity index (χ1v) is 52.9. The number of ether oxygens (including phenoxy) is 12. The second-order valence-corrected chi connectivity index (χ2v) is 40.6. The number of hydrogen-bond acceptors (Lipinski definition) is 28. The zero-order chi connectivity index (χ0) is 107. The molecule has 28 nitrogen and oxygen atoms in total. The Labute approximate surface area is 879 Å². The average Bonchev–Trinajstić information content (AvgIpc) is 1.66. The molecule has 10 aliphatic carbocycles. The van der Waals surface area contributed by atoms with Gasteiger partial charge < -0.3 is 77.3 Å². The Balaban J connectivity index is 0.000000169. The molecule has 0 atom stereocenters. The Morgan fingerprint density at radius 2 is 0.533 bits per heavy atom. The van der Waals surface area contributed by atoms with Crippen molar-refractivity contribution >= 4 is 79.3 Å². The fourth-order valence-electron chi connectivity index (χ4n) is 22.0. The van der Waals surface area contributed by atoms with Crippen LogP contribution in [0.4, 0.5) is 0 Å². The number of aromatic hydroxyl groups is 4. The number of esters is 7. The van der Waals surface area contributed by atoms with Gasteiger partial charge in [-0.05, 0) is 368 Å². The predicted octanol–water partition coefficient (Wildman–Crippen LogP) is 25.6. The van der Waals surface area contributed by atoms with Gasteiger partial charge in [0.05, 0.1) is 13.2 Å². The minimum absolute atomic E-state index is 0.00269. The first kappa shape index (κ1) is 116. The summed E-state index contributed by atoms with van der Waals surface area (Å²) in [6, 6.07) is 33.3. The van der Waals surface area contributed by atoms with Crippen LogP contribution >= 0.6 is 0 Å². The van der Waals surface area contributed by atoms with E-state index in [-0.39, 0.29) is 40.7 Å². The summed E-state index contributed by atoms with van der Waals surface area (Å²) in [7, 11) is 0. The second kappa shape index (κ2) is 58.1. The summed E-state index contributed by atoms with van der Waals surface area (Å²) in [4.78, 5) is 132. The van der Waals surface area contributed by atoms with Crippen LogP contribution in [0.5, 0.6) is 80.5 Å². The van der Waals surface area contributed by atoms with Gasteiger partial charge in [0.2, 0.25) is 0 Å². The smallest absolute Gasteiger partial charge is 0.330 e. The molecule has 5 spiro atoms. The Hall–Kier alpha value is -14.2. The highest BCUT2D eigenvalue weighted by Crippen LogP contribution is 2.53. The molecule has 0 aromatic heterocycles. The number of allylic oxidation sites excluding steroid dienone is 5. The highest BCUT2D eigenvalue weighted by Gasteiger charge is 2.39. The predicted molar refractivity (Wildman–Crippen MR) is 568 cm³/mol. The van der Waals surface area contributed by atoms with Crippen LogP contribution in [0.2, 0.25) is 0 Å². The number of hydrogen-bond donors (Lipinski definition) is 4. The Morgan fingerprint density at radius 1 is 0.273 bits per heavy atom. The first-order chi connectivity index (χ1) is 72.3. The number of benzene rings is 7. The highest BCUT2D eigenvalue weighted by atomic mass is 16.6. The van der Waals surface area contributed by atoms with Crippen molar-refractivity contribution in [2.75, 3.05) is 46.2 Å². The minimum Gasteiger partial charge on any atom is -0.504 e. The monoisotopic (exact) mass is 2060 g/mol. The topological polar surface area (TPSA) is 397 Å². The molecule has 802 valence electrons. The molecule has 5 saturated carbocycles. The summed E-state index contributed by atoms with van der Waals surface area (Å²) >= 11 is 0. The zero-order valence-electron chi connectivity index (χ0n) is 87.8. The van der Waals surface area contributed by atoms with Gasteiger partial charge in [0.15, 0.2) is 80.5 Å². The van der Waals surface area contributed by atoms with E-state index in [9.17, 15) is 67.7 Å². The summed E-state index contributed by atoms with van der Waals surface area (Å²) in [6.07, 6.45) is 63.6. The first-order valence-electron chi connectivity index (χ1n) is 52.9. The second-order valence-electron chi connectivity index (χ2n) is 40.6. The zero-order valence-corrected chi connectivity index (χ0v) is 87.8. The van der Waals surface area contributed by atoms with E-state index in [2.05, 4.69) is 35.1 Å². The van der Waals surface area contributed by atoms with E-state index in [4.69, 9.17) is 62.3 Å². The van der Waals surface area contributed by atoms with Crippen LogP contribution in [-0.2, 0) is 49.5 Å². The molecule has 10 aliphatic rings. The van der Waals surface area contributed by atoms with Crippen molar-refractivity contribution in [3.05, 3.63) is 231 Å². The number of aryl methyl sites for hydroxylation is 1. The maximum atomic E-state index is 11.6. The van der Waals surface area contributed by atoms with Gasteiger partial charge in [0.25, 0.3) is 0 Å². The molecule has 0 amide bonds. The summed E-state index contributed by atoms with van der Waals surface area (Å²) in [5.41, 5.74) is 12.4. The third kappa shape index (κ3) is 36.9. The summed E-state index contributed by atoms with van der Waals surface area (Å²) < 4.78 is 65.3. The van der Waals surface area contributed by atoms with E-state index < -0.39 is 29.8 Å². The lowest BCUT2D eigenvalue weighted by Crippen LogP contribution is -2.19. The van der Waals surface area contributed by atoms with Gasteiger partial charge in [-0.2, -0.15) is 0 Å². The molecule has 7 aromatic rings. The van der Waals surface area contributed by atoms with Gasteiger partial charge in [-0.25, -0.2) is 4.79 Å². The highest BCUT2D eigenvalue weighted by molar-refractivity contribution is 5.87. The van der Waals surface area contributed by atoms with Crippen molar-refractivity contribution in [1.82, 2.24) is 0 Å². The van der Waals surface area contributed by atoms with Gasteiger partial charge in [-0.1, -0.05) is 107 Å². The molecule has 7 aromatic carbocycles. The van der Waals surface area contributed by atoms with Gasteiger partial charge >= 0.3 is 41.8 Å². The van der Waals surface area contributed by atoms with Crippen molar-refractivity contribution < 1.29 is 135 Å². The quantitative estimate of drug-likeness (QED) is 0.00760. The van der Waals surface area contributed by atoms with E-state index >= 15 is 0 Å². The number of carbonyl (C=O) groups excluding carboxylic acids is 12. The Morgan fingerprint density at radius 3 is 0.847 bits per heavy atom. The van der Waals surface area contributed by atoms with Crippen LogP contribution in [0.25, 0.3) is 6.08 Å². The summed E-state index contributed by atoms with van der Waals surface area (Å²) in [5.74, 6) is 0.457. The molecule has 150 heavy (non-hydrogen) atoms. The molecular weight excluding hydrogens is 1910 g/mol. The molecule has 4 N–H and O–H groups in total. The van der Waals surface area contributed by atoms with Crippen LogP contribution in [0.3, 0.4) is 0 Å². The molecular formula is C122H146O28. The van der Waals surface area contributed by atoms with E-state index in [0.29, 0.717) is 178 Å². The summed E-state index contributed by atoms with van der Waals surface area (Å²) in [5, 5.41) is 36.6.